The van der Waals surface area contributed by atoms with Crippen LogP contribution in [0.3, 0.4) is 0 Å². The fourth-order valence-electron chi connectivity index (χ4n) is 1.59. The number of aromatic carboxylic acids is 1. The summed E-state index contributed by atoms with van der Waals surface area (Å²) in [6, 6.07) is 1.53. The van der Waals surface area contributed by atoms with Crippen LogP contribution < -0.4 is 5.32 Å². The summed E-state index contributed by atoms with van der Waals surface area (Å²) in [6.07, 6.45) is 7.09. The molecular weight excluding hydrogens is 267 g/mol. The van der Waals surface area contributed by atoms with Crippen LogP contribution in [-0.2, 0) is 0 Å². The van der Waals surface area contributed by atoms with Gasteiger partial charge in [0.2, 0.25) is 0 Å². The lowest BCUT2D eigenvalue weighted by Crippen LogP contribution is -2.08. The summed E-state index contributed by atoms with van der Waals surface area (Å²) in [7, 11) is 0. The first-order valence-electron chi connectivity index (χ1n) is 5.86. The summed E-state index contributed by atoms with van der Waals surface area (Å²) in [6.45, 7) is 0.383. The number of carbonyl (C=O) groups is 1. The molecule has 0 amide bonds. The number of terminal acetylenes is 1. The molecule has 0 aliphatic carbocycles. The smallest absolute Gasteiger partial charge is 0.338 e. The zero-order valence-electron chi connectivity index (χ0n) is 10.6. The fourth-order valence-corrected chi connectivity index (χ4v) is 1.59. The number of nitrogens with zero attached hydrogens (tertiary/aromatic N) is 1. The van der Waals surface area contributed by atoms with Gasteiger partial charge in [-0.25, -0.2) is 9.18 Å². The highest BCUT2D eigenvalue weighted by Crippen LogP contribution is 2.28. The fraction of sp³-hybridized carbons (Fsp3) is 0.308. The number of rotatable bonds is 7. The number of benzene rings is 1. The average Bonchev–Trinajstić information content (AvgIpc) is 2.37. The van der Waals surface area contributed by atoms with Crippen molar-refractivity contribution in [3.63, 3.8) is 0 Å². The van der Waals surface area contributed by atoms with Crippen LogP contribution in [0.5, 0.6) is 0 Å². The minimum Gasteiger partial charge on any atom is -0.478 e. The van der Waals surface area contributed by atoms with E-state index in [2.05, 4.69) is 11.2 Å². The van der Waals surface area contributed by atoms with Crippen LogP contribution in [0.2, 0.25) is 0 Å². The van der Waals surface area contributed by atoms with Gasteiger partial charge in [-0.2, -0.15) is 0 Å². The number of unbranched alkanes of at least 4 members (excludes halogenated alkanes) is 2. The maximum atomic E-state index is 13.5. The van der Waals surface area contributed by atoms with E-state index in [1.165, 1.54) is 0 Å². The third kappa shape index (κ3) is 3.95. The molecule has 0 heterocycles. The molecule has 0 saturated carbocycles. The molecule has 0 aromatic heterocycles. The Kier molecular flexibility index (Phi) is 5.47. The Morgan fingerprint density at radius 1 is 1.50 bits per heavy atom. The zero-order chi connectivity index (χ0) is 15.1. The average molecular weight is 280 g/mol. The van der Waals surface area contributed by atoms with Crippen molar-refractivity contribution in [3.8, 4) is 12.3 Å². The van der Waals surface area contributed by atoms with Crippen molar-refractivity contribution in [1.29, 1.82) is 0 Å². The van der Waals surface area contributed by atoms with E-state index in [1.54, 1.807) is 0 Å². The lowest BCUT2D eigenvalue weighted by molar-refractivity contribution is -0.384. The Morgan fingerprint density at radius 2 is 2.20 bits per heavy atom. The number of carboxylic acid groups (broad SMARTS) is 1. The third-order valence-electron chi connectivity index (χ3n) is 2.58. The molecule has 0 bridgehead atoms. The molecule has 1 rings (SSSR count). The predicted octanol–water partition coefficient (Wildman–Crippen LogP) is 2.65. The summed E-state index contributed by atoms with van der Waals surface area (Å²) in [5.74, 6) is -0.105. The number of nitrogens with one attached hydrogen (secondary N) is 1. The van der Waals surface area contributed by atoms with Gasteiger partial charge in [-0.15, -0.1) is 12.3 Å². The Hall–Kier alpha value is -2.62. The molecule has 7 heteroatoms. The normalized spacial score (nSPS) is 9.80. The Labute approximate surface area is 114 Å². The standard InChI is InChI=1S/C13H13FN2O4/c1-2-3-4-5-6-15-11-8-10(14)9(13(17)18)7-12(11)16(19)20/h1,7-8,15H,3-6H2,(H,17,18). The van der Waals surface area contributed by atoms with Crippen LogP contribution in [-0.4, -0.2) is 22.5 Å². The second-order valence-corrected chi connectivity index (χ2v) is 4.00. The van der Waals surface area contributed by atoms with Crippen molar-refractivity contribution in [2.24, 2.45) is 0 Å². The van der Waals surface area contributed by atoms with E-state index in [9.17, 15) is 19.3 Å². The first kappa shape index (κ1) is 15.4. The van der Waals surface area contributed by atoms with Gasteiger partial charge >= 0.3 is 5.97 Å². The molecule has 0 spiro atoms. The van der Waals surface area contributed by atoms with Crippen LogP contribution >= 0.6 is 0 Å². The van der Waals surface area contributed by atoms with Crippen LogP contribution in [0.15, 0.2) is 12.1 Å². The lowest BCUT2D eigenvalue weighted by atomic mass is 10.1. The maximum Gasteiger partial charge on any atom is 0.338 e. The van der Waals surface area contributed by atoms with E-state index < -0.39 is 28.0 Å². The monoisotopic (exact) mass is 280 g/mol. The summed E-state index contributed by atoms with van der Waals surface area (Å²) in [5, 5.41) is 22.3. The number of carboxylic acids is 1. The molecule has 0 unspecified atom stereocenters. The molecular formula is C13H13FN2O4. The molecule has 1 aromatic carbocycles. The molecule has 6 nitrogen and oxygen atoms in total. The second kappa shape index (κ2) is 7.09. The highest BCUT2D eigenvalue weighted by molar-refractivity contribution is 5.90. The zero-order valence-corrected chi connectivity index (χ0v) is 10.6. The van der Waals surface area contributed by atoms with Crippen molar-refractivity contribution in [3.05, 3.63) is 33.6 Å². The van der Waals surface area contributed by atoms with Crippen molar-refractivity contribution < 1.29 is 19.2 Å². The number of nitro groups is 1. The topological polar surface area (TPSA) is 92.5 Å². The largest absolute Gasteiger partial charge is 0.478 e. The summed E-state index contributed by atoms with van der Waals surface area (Å²) in [5.41, 5.74) is -1.24. The van der Waals surface area contributed by atoms with E-state index >= 15 is 0 Å². The summed E-state index contributed by atoms with van der Waals surface area (Å²) >= 11 is 0. The van der Waals surface area contributed by atoms with Crippen LogP contribution in [0.4, 0.5) is 15.8 Å². The van der Waals surface area contributed by atoms with Gasteiger partial charge in [0, 0.05) is 25.1 Å². The number of hydrogen-bond donors (Lipinski definition) is 2. The number of hydrogen-bond acceptors (Lipinski definition) is 4. The highest BCUT2D eigenvalue weighted by atomic mass is 19.1. The molecule has 0 saturated heterocycles. The molecule has 1 aromatic rings. The van der Waals surface area contributed by atoms with Crippen LogP contribution in [0, 0.1) is 28.3 Å². The number of nitro benzene ring substituents is 1. The molecule has 2 N–H and O–H groups in total. The lowest BCUT2D eigenvalue weighted by Gasteiger charge is -2.08. The number of anilines is 1. The van der Waals surface area contributed by atoms with Crippen molar-refractivity contribution >= 4 is 17.3 Å². The minimum absolute atomic E-state index is 0.0433. The van der Waals surface area contributed by atoms with Crippen LogP contribution in [0.1, 0.15) is 29.6 Å². The van der Waals surface area contributed by atoms with E-state index in [4.69, 9.17) is 11.5 Å². The molecule has 0 atom stereocenters. The maximum absolute atomic E-state index is 13.5. The molecule has 20 heavy (non-hydrogen) atoms. The van der Waals surface area contributed by atoms with Gasteiger partial charge in [0.05, 0.1) is 4.92 Å². The van der Waals surface area contributed by atoms with E-state index in [-0.39, 0.29) is 5.69 Å². The number of halogens is 1. The molecule has 0 radical (unpaired) electrons. The highest BCUT2D eigenvalue weighted by Gasteiger charge is 2.21. The Morgan fingerprint density at radius 3 is 2.75 bits per heavy atom. The van der Waals surface area contributed by atoms with E-state index in [0.717, 1.165) is 12.5 Å². The Balaban J connectivity index is 2.90. The predicted molar refractivity (Wildman–Crippen MR) is 71.2 cm³/mol. The minimum atomic E-state index is -1.55. The van der Waals surface area contributed by atoms with Crippen molar-refractivity contribution in [2.75, 3.05) is 11.9 Å². The van der Waals surface area contributed by atoms with Gasteiger partial charge in [0.25, 0.3) is 5.69 Å². The molecule has 0 aliphatic heterocycles. The quantitative estimate of drug-likeness (QED) is 0.346. The Bertz CT molecular complexity index is 566. The van der Waals surface area contributed by atoms with Crippen molar-refractivity contribution in [1.82, 2.24) is 0 Å². The van der Waals surface area contributed by atoms with Gasteiger partial charge in [0.15, 0.2) is 0 Å². The first-order valence-corrected chi connectivity index (χ1v) is 5.86. The van der Waals surface area contributed by atoms with Gasteiger partial charge in [-0.05, 0) is 12.8 Å². The van der Waals surface area contributed by atoms with E-state index in [1.807, 2.05) is 0 Å². The summed E-state index contributed by atoms with van der Waals surface area (Å²) < 4.78 is 13.5. The van der Waals surface area contributed by atoms with Gasteiger partial charge in [0.1, 0.15) is 17.1 Å². The van der Waals surface area contributed by atoms with Crippen LogP contribution in [0.25, 0.3) is 0 Å². The molecule has 0 aliphatic rings. The van der Waals surface area contributed by atoms with Crippen molar-refractivity contribution in [2.45, 2.75) is 19.3 Å². The van der Waals surface area contributed by atoms with E-state index in [0.29, 0.717) is 25.5 Å². The first-order chi connectivity index (χ1) is 9.47. The van der Waals surface area contributed by atoms with Gasteiger partial charge < -0.3 is 10.4 Å². The summed E-state index contributed by atoms with van der Waals surface area (Å²) in [4.78, 5) is 20.9. The van der Waals surface area contributed by atoms with Gasteiger partial charge in [-0.3, -0.25) is 10.1 Å². The second-order valence-electron chi connectivity index (χ2n) is 4.00. The van der Waals surface area contributed by atoms with Gasteiger partial charge in [-0.1, -0.05) is 0 Å². The molecule has 0 fully saturated rings. The molecule has 106 valence electrons. The third-order valence-corrected chi connectivity index (χ3v) is 2.58. The SMILES string of the molecule is C#CCCCCNc1cc(F)c(C(=O)O)cc1[N+](=O)[O-].